The van der Waals surface area contributed by atoms with E-state index < -0.39 is 24.1 Å². The van der Waals surface area contributed by atoms with Gasteiger partial charge in [0.05, 0.1) is 6.10 Å². The zero-order chi connectivity index (χ0) is 12.4. The van der Waals surface area contributed by atoms with Crippen LogP contribution in [0.1, 0.15) is 6.42 Å². The van der Waals surface area contributed by atoms with Crippen LogP contribution in [0.3, 0.4) is 0 Å². The zero-order valence-corrected chi connectivity index (χ0v) is 9.42. The molecule has 0 saturated carbocycles. The van der Waals surface area contributed by atoms with Crippen molar-refractivity contribution >= 4 is 28.5 Å². The molecule has 92 valence electrons. The molecule has 1 fully saturated rings. The second-order valence-corrected chi connectivity index (χ2v) is 4.40. The summed E-state index contributed by atoms with van der Waals surface area (Å²) in [5.41, 5.74) is 1.45. The average molecular weight is 258 g/mol. The number of carboxylic acid groups (broad SMARTS) is 1. The van der Waals surface area contributed by atoms with Gasteiger partial charge in [0.15, 0.2) is 0 Å². The normalized spacial score (nSPS) is 23.7. The van der Waals surface area contributed by atoms with Gasteiger partial charge in [0.2, 0.25) is 5.13 Å². The number of carbonyl (C=O) groups excluding carboxylic acids is 1. The molecule has 8 nitrogen and oxygen atoms in total. The van der Waals surface area contributed by atoms with Crippen molar-refractivity contribution in [3.8, 4) is 0 Å². The predicted octanol–water partition coefficient (Wildman–Crippen LogP) is -0.410. The van der Waals surface area contributed by atoms with Crippen LogP contribution >= 0.6 is 11.3 Å². The summed E-state index contributed by atoms with van der Waals surface area (Å²) < 4.78 is 0. The highest BCUT2D eigenvalue weighted by Gasteiger charge is 2.39. The third-order valence-electron chi connectivity index (χ3n) is 2.40. The lowest BCUT2D eigenvalue weighted by atomic mass is 10.2. The molecule has 0 radical (unpaired) electrons. The molecule has 2 heterocycles. The van der Waals surface area contributed by atoms with E-state index in [0.29, 0.717) is 5.13 Å². The highest BCUT2D eigenvalue weighted by Crippen LogP contribution is 2.20. The number of amides is 2. The largest absolute Gasteiger partial charge is 0.480 e. The molecule has 0 bridgehead atoms. The van der Waals surface area contributed by atoms with E-state index in [-0.39, 0.29) is 13.0 Å². The van der Waals surface area contributed by atoms with Gasteiger partial charge >= 0.3 is 12.0 Å². The molecule has 1 unspecified atom stereocenters. The maximum Gasteiger partial charge on any atom is 0.326 e. The van der Waals surface area contributed by atoms with E-state index in [9.17, 15) is 14.7 Å². The first-order valence-corrected chi connectivity index (χ1v) is 5.70. The van der Waals surface area contributed by atoms with E-state index >= 15 is 0 Å². The van der Waals surface area contributed by atoms with Crippen LogP contribution in [-0.2, 0) is 4.79 Å². The highest BCUT2D eigenvalue weighted by atomic mass is 32.1. The summed E-state index contributed by atoms with van der Waals surface area (Å²) in [6, 6.07) is -1.59. The average Bonchev–Trinajstić information content (AvgIpc) is 2.86. The molecule has 0 aliphatic carbocycles. The number of hydrogen-bond acceptors (Lipinski definition) is 6. The molecule has 3 N–H and O–H groups in total. The van der Waals surface area contributed by atoms with Crippen LogP contribution in [0.2, 0.25) is 0 Å². The highest BCUT2D eigenvalue weighted by molar-refractivity contribution is 7.13. The van der Waals surface area contributed by atoms with Crippen molar-refractivity contribution in [1.29, 1.82) is 0 Å². The molecule has 0 aromatic carbocycles. The Morgan fingerprint density at radius 2 is 2.35 bits per heavy atom. The Morgan fingerprint density at radius 3 is 2.94 bits per heavy atom. The number of likely N-dealkylation sites (tertiary alicyclic amines) is 1. The Hall–Kier alpha value is -1.74. The number of anilines is 1. The lowest BCUT2D eigenvalue weighted by molar-refractivity contribution is -0.141. The molecular weight excluding hydrogens is 248 g/mol. The molecule has 1 aliphatic rings. The summed E-state index contributed by atoms with van der Waals surface area (Å²) in [4.78, 5) is 23.7. The van der Waals surface area contributed by atoms with Crippen molar-refractivity contribution in [1.82, 2.24) is 15.1 Å². The number of β-amino-alcohol motifs (C(OH)–C–C–N with tert-alkyl or cyclic N) is 1. The van der Waals surface area contributed by atoms with Crippen molar-refractivity contribution in [3.63, 3.8) is 0 Å². The number of aliphatic hydroxyl groups is 1. The van der Waals surface area contributed by atoms with Crippen LogP contribution < -0.4 is 5.32 Å². The molecule has 2 amide bonds. The second-order valence-electron chi connectivity index (χ2n) is 3.57. The molecule has 2 rings (SSSR count). The zero-order valence-electron chi connectivity index (χ0n) is 8.61. The van der Waals surface area contributed by atoms with Gasteiger partial charge in [-0.15, -0.1) is 10.2 Å². The number of nitrogens with zero attached hydrogens (tertiary/aromatic N) is 3. The number of rotatable bonds is 2. The Labute approximate surface area is 99.9 Å². The van der Waals surface area contributed by atoms with Crippen molar-refractivity contribution in [3.05, 3.63) is 5.51 Å². The summed E-state index contributed by atoms with van der Waals surface area (Å²) in [6.07, 6.45) is -0.768. The van der Waals surface area contributed by atoms with Gasteiger partial charge in [-0.1, -0.05) is 11.3 Å². The minimum atomic E-state index is -1.13. The van der Waals surface area contributed by atoms with Gasteiger partial charge in [0, 0.05) is 13.0 Å². The van der Waals surface area contributed by atoms with Gasteiger partial charge in [-0.2, -0.15) is 0 Å². The molecule has 9 heteroatoms. The maximum atomic E-state index is 11.8. The topological polar surface area (TPSA) is 116 Å². The van der Waals surface area contributed by atoms with Crippen molar-refractivity contribution in [2.24, 2.45) is 0 Å². The van der Waals surface area contributed by atoms with Gasteiger partial charge in [-0.3, -0.25) is 5.32 Å². The third kappa shape index (κ3) is 2.50. The van der Waals surface area contributed by atoms with Crippen molar-refractivity contribution in [2.45, 2.75) is 18.6 Å². The first-order valence-electron chi connectivity index (χ1n) is 4.82. The van der Waals surface area contributed by atoms with E-state index in [4.69, 9.17) is 5.11 Å². The number of hydrogen-bond donors (Lipinski definition) is 3. The van der Waals surface area contributed by atoms with E-state index in [1.165, 1.54) is 5.51 Å². The third-order valence-corrected chi connectivity index (χ3v) is 3.01. The van der Waals surface area contributed by atoms with Crippen molar-refractivity contribution < 1.29 is 19.8 Å². The first-order chi connectivity index (χ1) is 8.08. The molecule has 17 heavy (non-hydrogen) atoms. The number of nitrogens with one attached hydrogen (secondary N) is 1. The smallest absolute Gasteiger partial charge is 0.326 e. The molecule has 2 atom stereocenters. The number of aliphatic carboxylic acids is 1. The minimum absolute atomic E-state index is 0.00159. The summed E-state index contributed by atoms with van der Waals surface area (Å²) >= 11 is 1.13. The Kier molecular flexibility index (Phi) is 3.20. The lowest BCUT2D eigenvalue weighted by Gasteiger charge is -2.20. The van der Waals surface area contributed by atoms with Crippen molar-refractivity contribution in [2.75, 3.05) is 11.9 Å². The quantitative estimate of drug-likeness (QED) is 0.664. The van der Waals surface area contributed by atoms with Crippen LogP contribution in [0.25, 0.3) is 0 Å². The molecule has 1 saturated heterocycles. The molecule has 1 aromatic rings. The Bertz CT molecular complexity index is 423. The maximum absolute atomic E-state index is 11.8. The Balaban J connectivity index is 2.05. The fraction of sp³-hybridized carbons (Fsp3) is 0.500. The summed E-state index contributed by atoms with van der Waals surface area (Å²) in [5.74, 6) is -1.13. The van der Waals surface area contributed by atoms with E-state index in [2.05, 4.69) is 15.5 Å². The van der Waals surface area contributed by atoms with Crippen LogP contribution in [0, 0.1) is 0 Å². The standard InChI is InChI=1S/C8H10N4O4S/c13-4-1-5(6(14)15)12(2-4)8(16)10-7-11-9-3-17-7/h3-5,13H,1-2H2,(H,14,15)(H,10,11,16)/t4?,5-/m0/s1. The SMILES string of the molecule is O=C(O)[C@@H]1CC(O)CN1C(=O)Nc1nncs1. The van der Waals surface area contributed by atoms with Crippen LogP contribution in [-0.4, -0.2) is 56.0 Å². The van der Waals surface area contributed by atoms with Gasteiger partial charge in [-0.25, -0.2) is 9.59 Å². The number of aromatic nitrogens is 2. The van der Waals surface area contributed by atoms with Crippen LogP contribution in [0.5, 0.6) is 0 Å². The van der Waals surface area contributed by atoms with Gasteiger partial charge in [0.1, 0.15) is 11.6 Å². The van der Waals surface area contributed by atoms with E-state index in [1.807, 2.05) is 0 Å². The van der Waals surface area contributed by atoms with E-state index in [1.54, 1.807) is 0 Å². The van der Waals surface area contributed by atoms with E-state index in [0.717, 1.165) is 16.2 Å². The predicted molar refractivity (Wildman–Crippen MR) is 57.7 cm³/mol. The molecule has 1 aliphatic heterocycles. The first kappa shape index (κ1) is 11.7. The second kappa shape index (κ2) is 4.63. The molecular formula is C8H10N4O4S. The Morgan fingerprint density at radius 1 is 1.59 bits per heavy atom. The fourth-order valence-corrected chi connectivity index (χ4v) is 2.10. The molecule has 1 aromatic heterocycles. The fourth-order valence-electron chi connectivity index (χ4n) is 1.66. The summed E-state index contributed by atoms with van der Waals surface area (Å²) in [5, 5.41) is 28.2. The summed E-state index contributed by atoms with van der Waals surface area (Å²) in [7, 11) is 0. The number of carbonyl (C=O) groups is 2. The number of urea groups is 1. The molecule has 0 spiro atoms. The van der Waals surface area contributed by atoms with Gasteiger partial charge in [0.25, 0.3) is 0 Å². The number of aliphatic hydroxyl groups excluding tert-OH is 1. The lowest BCUT2D eigenvalue weighted by Crippen LogP contribution is -2.43. The van der Waals surface area contributed by atoms with Gasteiger partial charge in [-0.05, 0) is 0 Å². The van der Waals surface area contributed by atoms with Crippen LogP contribution in [0.15, 0.2) is 5.51 Å². The minimum Gasteiger partial charge on any atom is -0.480 e. The summed E-state index contributed by atoms with van der Waals surface area (Å²) in [6.45, 7) is 0.00159. The van der Waals surface area contributed by atoms with Crippen LogP contribution in [0.4, 0.5) is 9.93 Å². The monoisotopic (exact) mass is 258 g/mol. The number of carboxylic acids is 1. The van der Waals surface area contributed by atoms with Gasteiger partial charge < -0.3 is 15.1 Å².